The molecule has 0 aliphatic heterocycles. The Morgan fingerprint density at radius 1 is 1.29 bits per heavy atom. The number of carboxylic acid groups (broad SMARTS) is 1. The Hall–Kier alpha value is 0.260. The normalized spacial score (nSPS) is 8.57. The average molecular weight is 254 g/mol. The summed E-state index contributed by atoms with van der Waals surface area (Å²) in [5, 5.41) is 8.01. The molecule has 0 atom stereocenters. The molecule has 0 unspecified atom stereocenters. The molecule has 0 aliphatic rings. The highest BCUT2D eigenvalue weighted by atomic mass is 32.2. The molecular formula is C9H18O2S3. The van der Waals surface area contributed by atoms with Gasteiger partial charge in [0.2, 0.25) is 0 Å². The predicted molar refractivity (Wildman–Crippen MR) is 72.1 cm³/mol. The van der Waals surface area contributed by atoms with E-state index in [0.29, 0.717) is 0 Å². The number of rotatable bonds is 5. The van der Waals surface area contributed by atoms with Gasteiger partial charge in [0.05, 0.1) is 0 Å². The van der Waals surface area contributed by atoms with Crippen LogP contribution in [-0.4, -0.2) is 34.1 Å². The smallest absolute Gasteiger partial charge is 0.328 e. The molecule has 1 N–H and O–H groups in total. The summed E-state index contributed by atoms with van der Waals surface area (Å²) >= 11 is 10.00. The Labute approximate surface area is 101 Å². The zero-order chi connectivity index (χ0) is 11.4. The van der Waals surface area contributed by atoms with Crippen molar-refractivity contribution in [1.29, 1.82) is 0 Å². The molecule has 0 spiro atoms. The fraction of sp³-hybridized carbons (Fsp3) is 0.667. The van der Waals surface area contributed by atoms with Crippen molar-refractivity contribution in [3.63, 3.8) is 0 Å². The van der Waals surface area contributed by atoms with E-state index in [4.69, 9.17) is 5.11 Å². The lowest BCUT2D eigenvalue weighted by Crippen LogP contribution is -1.86. The van der Waals surface area contributed by atoms with Gasteiger partial charge in [-0.15, -0.1) is 0 Å². The number of aliphatic carboxylic acids is 1. The summed E-state index contributed by atoms with van der Waals surface area (Å²) in [7, 11) is 0. The summed E-state index contributed by atoms with van der Waals surface area (Å²) in [4.78, 5) is 9.73. The Kier molecular flexibility index (Phi) is 15.8. The first-order valence-corrected chi connectivity index (χ1v) is 6.63. The molecule has 0 saturated heterocycles. The second-order valence-corrected chi connectivity index (χ2v) is 4.74. The van der Waals surface area contributed by atoms with Crippen LogP contribution in [0.5, 0.6) is 0 Å². The second-order valence-electron chi connectivity index (χ2n) is 2.62. The molecule has 0 aromatic rings. The van der Waals surface area contributed by atoms with Gasteiger partial charge in [-0.3, -0.25) is 0 Å². The topological polar surface area (TPSA) is 37.3 Å². The van der Waals surface area contributed by atoms with E-state index in [1.807, 2.05) is 11.8 Å². The van der Waals surface area contributed by atoms with Crippen molar-refractivity contribution in [2.75, 3.05) is 23.0 Å². The highest BCUT2D eigenvalue weighted by molar-refractivity contribution is 8.00. The summed E-state index contributed by atoms with van der Waals surface area (Å²) in [5.74, 6) is 3.41. The molecule has 0 aromatic heterocycles. The largest absolute Gasteiger partial charge is 0.478 e. The standard InChI is InChI=1S/C5H8O2.C4H10S3/c1-4(2)3-5(6)7;5-1-3-7-4-2-6/h3H,1-2H3,(H,6,7);5-6H,1-4H2. The van der Waals surface area contributed by atoms with Gasteiger partial charge < -0.3 is 5.11 Å². The van der Waals surface area contributed by atoms with E-state index < -0.39 is 5.97 Å². The molecule has 0 rings (SSSR count). The molecule has 0 bridgehead atoms. The first-order valence-electron chi connectivity index (χ1n) is 4.21. The Balaban J connectivity index is 0. The van der Waals surface area contributed by atoms with Crippen LogP contribution in [0, 0.1) is 0 Å². The fourth-order valence-corrected chi connectivity index (χ4v) is 1.72. The van der Waals surface area contributed by atoms with E-state index in [1.54, 1.807) is 13.8 Å². The molecule has 0 radical (unpaired) electrons. The SMILES string of the molecule is CC(C)=CC(=O)O.SCCSCCS. The van der Waals surface area contributed by atoms with Crippen LogP contribution in [0.2, 0.25) is 0 Å². The van der Waals surface area contributed by atoms with Gasteiger partial charge in [0.25, 0.3) is 0 Å². The van der Waals surface area contributed by atoms with Gasteiger partial charge in [-0.25, -0.2) is 4.79 Å². The highest BCUT2D eigenvalue weighted by Crippen LogP contribution is 1.99. The maximum atomic E-state index is 9.73. The number of thioether (sulfide) groups is 1. The van der Waals surface area contributed by atoms with Crippen molar-refractivity contribution in [2.45, 2.75) is 13.8 Å². The number of thiol groups is 2. The average Bonchev–Trinajstić information content (AvgIpc) is 2.04. The van der Waals surface area contributed by atoms with Crippen LogP contribution >= 0.6 is 37.0 Å². The van der Waals surface area contributed by atoms with Gasteiger partial charge in [-0.1, -0.05) is 5.57 Å². The monoisotopic (exact) mass is 254 g/mol. The van der Waals surface area contributed by atoms with Crippen molar-refractivity contribution in [1.82, 2.24) is 0 Å². The van der Waals surface area contributed by atoms with Crippen LogP contribution in [0.25, 0.3) is 0 Å². The van der Waals surface area contributed by atoms with E-state index in [-0.39, 0.29) is 0 Å². The molecule has 0 amide bonds. The van der Waals surface area contributed by atoms with Gasteiger partial charge in [0.15, 0.2) is 0 Å². The third-order valence-corrected chi connectivity index (χ3v) is 2.92. The first kappa shape index (κ1) is 16.7. The first-order chi connectivity index (χ1) is 6.54. The van der Waals surface area contributed by atoms with Gasteiger partial charge in [-0.2, -0.15) is 37.0 Å². The van der Waals surface area contributed by atoms with Crippen molar-refractivity contribution in [3.8, 4) is 0 Å². The zero-order valence-corrected chi connectivity index (χ0v) is 11.2. The van der Waals surface area contributed by atoms with E-state index >= 15 is 0 Å². The number of carboxylic acids is 1. The maximum Gasteiger partial charge on any atom is 0.328 e. The van der Waals surface area contributed by atoms with Crippen molar-refractivity contribution in [2.24, 2.45) is 0 Å². The zero-order valence-electron chi connectivity index (χ0n) is 8.56. The molecule has 0 fully saturated rings. The Bertz CT molecular complexity index is 161. The number of hydrogen-bond acceptors (Lipinski definition) is 4. The minimum atomic E-state index is -0.875. The lowest BCUT2D eigenvalue weighted by atomic mass is 10.3. The van der Waals surface area contributed by atoms with Crippen LogP contribution in [0.1, 0.15) is 13.8 Å². The van der Waals surface area contributed by atoms with E-state index in [9.17, 15) is 4.79 Å². The van der Waals surface area contributed by atoms with Crippen LogP contribution < -0.4 is 0 Å². The fourth-order valence-electron chi connectivity index (χ4n) is 0.478. The third-order valence-electron chi connectivity index (χ3n) is 0.883. The molecule has 0 aromatic carbocycles. The maximum absolute atomic E-state index is 9.73. The summed E-state index contributed by atoms with van der Waals surface area (Å²) in [5.41, 5.74) is 0.813. The predicted octanol–water partition coefficient (Wildman–Crippen LogP) is 2.62. The van der Waals surface area contributed by atoms with Crippen molar-refractivity contribution in [3.05, 3.63) is 11.6 Å². The third kappa shape index (κ3) is 22.8. The minimum absolute atomic E-state index is 0.813. The number of hydrogen-bond donors (Lipinski definition) is 3. The molecular weight excluding hydrogens is 236 g/mol. The van der Waals surface area contributed by atoms with Gasteiger partial charge in [0, 0.05) is 17.6 Å². The van der Waals surface area contributed by atoms with Gasteiger partial charge in [0.1, 0.15) is 0 Å². The van der Waals surface area contributed by atoms with Crippen molar-refractivity contribution < 1.29 is 9.90 Å². The van der Waals surface area contributed by atoms with Crippen LogP contribution in [0.3, 0.4) is 0 Å². The second kappa shape index (κ2) is 13.3. The molecule has 14 heavy (non-hydrogen) atoms. The summed E-state index contributed by atoms with van der Waals surface area (Å²) in [6.07, 6.45) is 1.17. The number of allylic oxidation sites excluding steroid dienone is 1. The number of carbonyl (C=O) groups is 1. The van der Waals surface area contributed by atoms with Crippen molar-refractivity contribution >= 4 is 43.0 Å². The van der Waals surface area contributed by atoms with E-state index in [1.165, 1.54) is 6.08 Å². The summed E-state index contributed by atoms with van der Waals surface area (Å²) in [6.45, 7) is 3.49. The highest BCUT2D eigenvalue weighted by Gasteiger charge is 1.83. The Morgan fingerprint density at radius 3 is 1.86 bits per heavy atom. The summed E-state index contributed by atoms with van der Waals surface area (Å²) in [6, 6.07) is 0. The molecule has 0 saturated carbocycles. The lowest BCUT2D eigenvalue weighted by Gasteiger charge is -1.90. The quantitative estimate of drug-likeness (QED) is 0.401. The van der Waals surface area contributed by atoms with Crippen LogP contribution in [0.4, 0.5) is 0 Å². The van der Waals surface area contributed by atoms with Gasteiger partial charge in [-0.05, 0) is 25.4 Å². The molecule has 0 aliphatic carbocycles. The van der Waals surface area contributed by atoms with Gasteiger partial charge >= 0.3 is 5.97 Å². The summed E-state index contributed by atoms with van der Waals surface area (Å²) < 4.78 is 0. The Morgan fingerprint density at radius 2 is 1.71 bits per heavy atom. The van der Waals surface area contributed by atoms with E-state index in [2.05, 4.69) is 25.3 Å². The van der Waals surface area contributed by atoms with Crippen LogP contribution in [-0.2, 0) is 4.79 Å². The molecule has 0 heterocycles. The van der Waals surface area contributed by atoms with Crippen LogP contribution in [0.15, 0.2) is 11.6 Å². The molecule has 2 nitrogen and oxygen atoms in total. The minimum Gasteiger partial charge on any atom is -0.478 e. The van der Waals surface area contributed by atoms with E-state index in [0.717, 1.165) is 28.6 Å². The molecule has 84 valence electrons. The molecule has 5 heteroatoms. The lowest BCUT2D eigenvalue weighted by molar-refractivity contribution is -0.131.